The molecule has 0 aromatic carbocycles. The van der Waals surface area contributed by atoms with Gasteiger partial charge in [0, 0.05) is 48.0 Å². The van der Waals surface area contributed by atoms with Crippen LogP contribution in [-0.2, 0) is 28.8 Å². The van der Waals surface area contributed by atoms with Crippen LogP contribution in [0.15, 0.2) is 21.3 Å². The Hall–Kier alpha value is -2.99. The summed E-state index contributed by atoms with van der Waals surface area (Å²) in [5.74, 6) is 0.315. The highest BCUT2D eigenvalue weighted by molar-refractivity contribution is 8.14. The van der Waals surface area contributed by atoms with Gasteiger partial charge in [-0.15, -0.1) is 34.4 Å². The largest absolute Gasteiger partial charge is 0.550 e. The summed E-state index contributed by atoms with van der Waals surface area (Å²) in [6.07, 6.45) is 1.81. The number of thiol groups is 2. The number of amides is 1. The van der Waals surface area contributed by atoms with Crippen LogP contribution < -0.4 is 10.4 Å². The number of aliphatic imine (C=N–C) groups is 1. The second-order valence-corrected chi connectivity index (χ2v) is 15.0. The normalized spacial score (nSPS) is 12.7. The van der Waals surface area contributed by atoms with Crippen molar-refractivity contribution in [2.45, 2.75) is 137 Å². The van der Waals surface area contributed by atoms with Gasteiger partial charge in [-0.2, -0.15) is 25.3 Å². The highest BCUT2D eigenvalue weighted by Gasteiger charge is 2.18. The fourth-order valence-corrected chi connectivity index (χ4v) is 5.22. The number of aryl methyl sites for hydroxylation is 2. The second-order valence-electron chi connectivity index (χ2n) is 10.9. The number of rotatable bonds is 9. The Bertz CT molecular complexity index is 1500. The predicted molar refractivity (Wildman–Crippen MR) is 249 cm³/mol. The lowest BCUT2D eigenvalue weighted by atomic mass is 10.2. The Labute approximate surface area is 366 Å². The molecule has 3 atom stereocenters. The van der Waals surface area contributed by atoms with E-state index in [9.17, 15) is 38.7 Å². The van der Waals surface area contributed by atoms with Crippen LogP contribution in [0.25, 0.3) is 6.08 Å². The lowest BCUT2D eigenvalue weighted by Crippen LogP contribution is -2.39. The first-order valence-electron chi connectivity index (χ1n) is 18.4. The quantitative estimate of drug-likeness (QED) is 0.125. The molecule has 3 rings (SSSR count). The zero-order chi connectivity index (χ0) is 46.4. The number of carbonyl (C=O) groups is 7. The number of ketones is 5. The van der Waals surface area contributed by atoms with E-state index < -0.39 is 17.9 Å². The summed E-state index contributed by atoms with van der Waals surface area (Å²) in [6, 6.07) is -0.476. The summed E-state index contributed by atoms with van der Waals surface area (Å²) in [5.41, 5.74) is 2.21. The maximum atomic E-state index is 10.9. The molecule has 12 nitrogen and oxygen atoms in total. The fraction of sp³-hybridized carbons (Fsp3) is 0.600. The van der Waals surface area contributed by atoms with Crippen LogP contribution >= 0.6 is 59.7 Å². The van der Waals surface area contributed by atoms with Crippen molar-refractivity contribution in [3.63, 3.8) is 0 Å². The number of allylic oxidation sites excluding steroid dienone is 1. The van der Waals surface area contributed by atoms with Gasteiger partial charge in [-0.05, 0) is 79.7 Å². The first-order chi connectivity index (χ1) is 26.5. The average molecular weight is 894 g/mol. The molecule has 1 unspecified atom stereocenters. The Morgan fingerprint density at radius 1 is 0.807 bits per heavy atom. The van der Waals surface area contributed by atoms with E-state index in [-0.39, 0.29) is 40.9 Å². The van der Waals surface area contributed by atoms with Crippen LogP contribution in [0.5, 0.6) is 0 Å². The number of hydrogen-bond donors (Lipinski definition) is 3. The summed E-state index contributed by atoms with van der Waals surface area (Å²) in [4.78, 5) is 84.7. The topological polar surface area (TPSA) is 193 Å². The molecule has 0 aliphatic carbocycles. The number of nitrogens with one attached hydrogen (secondary N) is 1. The van der Waals surface area contributed by atoms with Gasteiger partial charge in [0.2, 0.25) is 5.91 Å². The van der Waals surface area contributed by atoms with Crippen LogP contribution in [0.3, 0.4) is 0 Å². The lowest BCUT2D eigenvalue weighted by molar-refractivity contribution is -0.310. The van der Waals surface area contributed by atoms with E-state index in [1.54, 1.807) is 56.2 Å². The Kier molecular flexibility index (Phi) is 49.2. The molecule has 17 heteroatoms. The first kappa shape index (κ1) is 65.8. The van der Waals surface area contributed by atoms with Gasteiger partial charge < -0.3 is 20.0 Å². The number of carbonyl (C=O) groups excluding carboxylic acids is 7. The van der Waals surface area contributed by atoms with Gasteiger partial charge in [0.25, 0.3) is 0 Å². The van der Waals surface area contributed by atoms with Crippen LogP contribution in [0.1, 0.15) is 137 Å². The number of carboxylic acid groups (broad SMARTS) is 1. The van der Waals surface area contributed by atoms with Crippen LogP contribution in [0, 0.1) is 19.8 Å². The number of aromatic nitrogens is 2. The number of thiazole rings is 2. The van der Waals surface area contributed by atoms with Crippen LogP contribution in [0.2, 0.25) is 0 Å². The number of thioether (sulfide) groups is 1. The summed E-state index contributed by atoms with van der Waals surface area (Å²) in [7, 11) is 0. The van der Waals surface area contributed by atoms with Crippen molar-refractivity contribution in [2.24, 2.45) is 10.9 Å². The third-order valence-electron chi connectivity index (χ3n) is 5.52. The van der Waals surface area contributed by atoms with Crippen molar-refractivity contribution in [3.8, 4) is 0 Å². The number of Topliss-reactive ketones (excluding diaryl/α,β-unsaturated/α-hetero) is 5. The van der Waals surface area contributed by atoms with Crippen LogP contribution in [-0.4, -0.2) is 85.1 Å². The highest BCUT2D eigenvalue weighted by Crippen LogP contribution is 2.17. The Balaban J connectivity index is -0.000000136. The molecule has 1 N–H and O–H groups in total. The molecule has 2 aromatic heterocycles. The van der Waals surface area contributed by atoms with E-state index >= 15 is 0 Å². The maximum Gasteiger partial charge on any atom is 0.217 e. The van der Waals surface area contributed by atoms with E-state index in [2.05, 4.69) is 45.5 Å². The van der Waals surface area contributed by atoms with Gasteiger partial charge in [-0.25, -0.2) is 9.97 Å². The maximum absolute atomic E-state index is 10.9. The molecular weight excluding hydrogens is 825 g/mol. The fourth-order valence-electron chi connectivity index (χ4n) is 2.59. The average Bonchev–Trinajstić information content (AvgIpc) is 3.91. The molecule has 57 heavy (non-hydrogen) atoms. The standard InChI is InChI=1S/C9H11NOS.C6H11NO2S.C6H9NOS.C6H7NOS.C4H8O2S.C3H6O.3C2H6/c1-6(7(2)11)4-9-5-12-8(3)10-9;1-4(8)6(3-10)7-5(2)9;2*1-4(8)6-3-9-5(2)7-6;1-3(2-7)4(5)6;1-3(2)4;3*1-2/h4-5H,1-3H3;6,10H,3H2,1-2H3,(H,7,9);6H,3H2,1-2H3;3H,1-2H3;3,7H,2H2,1H3,(H,5,6);1-2H3;3*1-2H3/p-1/b6-4+;;;;;;;;/t;6-;;;3-;;;;/m.0..0..../s1. The molecule has 328 valence electrons. The first-order valence-corrected chi connectivity index (χ1v) is 22.4. The molecular formula is C40H69N4O8S5-. The van der Waals surface area contributed by atoms with Gasteiger partial charge >= 0.3 is 0 Å². The summed E-state index contributed by atoms with van der Waals surface area (Å²) >= 11 is 12.4. The highest BCUT2D eigenvalue weighted by atomic mass is 32.2. The molecule has 0 saturated carbocycles. The van der Waals surface area contributed by atoms with E-state index in [0.717, 1.165) is 32.1 Å². The predicted octanol–water partition coefficient (Wildman–Crippen LogP) is 8.19. The Morgan fingerprint density at radius 3 is 1.44 bits per heavy atom. The van der Waals surface area contributed by atoms with Crippen molar-refractivity contribution in [1.82, 2.24) is 15.3 Å². The summed E-state index contributed by atoms with van der Waals surface area (Å²) < 4.78 is 0. The van der Waals surface area contributed by atoms with Crippen molar-refractivity contribution in [3.05, 3.63) is 37.7 Å². The number of aliphatic carboxylic acids is 1. The SMILES string of the molecule is CC.CC.CC.CC(=O)/C(C)=C/c1csc(C)n1.CC(=O)C1CSC(C)=N1.CC(=O)N[C@@H](CS)C(C)=O.CC(=O)c1csc(C)n1.CC(C)=O.C[C@@H](CS)C(=O)[O-]. The van der Waals surface area contributed by atoms with Gasteiger partial charge in [-0.3, -0.25) is 29.0 Å². The number of hydrogen-bond acceptors (Lipinski definition) is 16. The van der Waals surface area contributed by atoms with Crippen LogP contribution in [0.4, 0.5) is 0 Å². The van der Waals surface area contributed by atoms with E-state index in [1.807, 2.05) is 73.8 Å². The minimum absolute atomic E-state index is 0.0411. The number of nitrogens with zero attached hydrogens (tertiary/aromatic N) is 3. The second kappa shape index (κ2) is 42.6. The zero-order valence-electron chi connectivity index (χ0n) is 37.3. The minimum Gasteiger partial charge on any atom is -0.550 e. The monoisotopic (exact) mass is 893 g/mol. The van der Waals surface area contributed by atoms with E-state index in [1.165, 1.54) is 46.0 Å². The molecule has 1 amide bonds. The molecule has 2 aromatic rings. The summed E-state index contributed by atoms with van der Waals surface area (Å²) in [6.45, 7) is 31.7. The van der Waals surface area contributed by atoms with Crippen molar-refractivity contribution >= 4 is 112 Å². The van der Waals surface area contributed by atoms with Gasteiger partial charge in [0.1, 0.15) is 17.5 Å². The van der Waals surface area contributed by atoms with Crippen molar-refractivity contribution < 1.29 is 38.7 Å². The number of carboxylic acids is 1. The van der Waals surface area contributed by atoms with E-state index in [0.29, 0.717) is 17.2 Å². The molecule has 0 fully saturated rings. The Morgan fingerprint density at radius 2 is 1.26 bits per heavy atom. The molecule has 0 bridgehead atoms. The van der Waals surface area contributed by atoms with Gasteiger partial charge in [-0.1, -0.05) is 48.5 Å². The van der Waals surface area contributed by atoms with Gasteiger partial charge in [0.05, 0.1) is 26.8 Å². The molecule has 3 heterocycles. The van der Waals surface area contributed by atoms with Crippen molar-refractivity contribution in [1.29, 1.82) is 0 Å². The molecule has 1 aliphatic rings. The smallest absolute Gasteiger partial charge is 0.217 e. The third kappa shape index (κ3) is 44.0. The lowest BCUT2D eigenvalue weighted by Gasteiger charge is -2.10. The minimum atomic E-state index is -1.03. The molecule has 0 spiro atoms. The summed E-state index contributed by atoms with van der Waals surface area (Å²) in [5, 5.41) is 19.0. The zero-order valence-corrected chi connectivity index (χ0v) is 41.6. The van der Waals surface area contributed by atoms with Gasteiger partial charge in [0.15, 0.2) is 23.1 Å². The molecule has 0 radical (unpaired) electrons. The van der Waals surface area contributed by atoms with Crippen molar-refractivity contribution in [2.75, 3.05) is 17.3 Å². The van der Waals surface area contributed by atoms with E-state index in [4.69, 9.17) is 0 Å². The third-order valence-corrected chi connectivity index (χ3v) is 9.00. The molecule has 1 aliphatic heterocycles. The molecule has 0 saturated heterocycles.